The van der Waals surface area contributed by atoms with E-state index < -0.39 is 16.1 Å². The molecule has 0 saturated heterocycles. The van der Waals surface area contributed by atoms with Gasteiger partial charge in [0.05, 0.1) is 11.0 Å². The summed E-state index contributed by atoms with van der Waals surface area (Å²) in [6, 6.07) is 15.2. The van der Waals surface area contributed by atoms with Gasteiger partial charge in [-0.2, -0.15) is 0 Å². The zero-order valence-corrected chi connectivity index (χ0v) is 14.1. The van der Waals surface area contributed by atoms with Gasteiger partial charge in [-0.25, -0.2) is 13.1 Å². The lowest BCUT2D eigenvalue weighted by molar-refractivity contribution is -0.114. The standard InChI is InChI=1S/C17H20N2O4S/c1-13(20)19-15-7-9-17(10-8-15)24(22,23)18-12-16(21)11-14-5-3-2-4-6-14/h2-10,16,18,21H,11-12H2,1H3,(H,19,20). The van der Waals surface area contributed by atoms with Crippen molar-refractivity contribution in [3.63, 3.8) is 0 Å². The number of aliphatic hydroxyl groups excluding tert-OH is 1. The Balaban J connectivity index is 1.94. The van der Waals surface area contributed by atoms with Crippen molar-refractivity contribution in [2.45, 2.75) is 24.3 Å². The first-order valence-corrected chi connectivity index (χ1v) is 8.94. The number of carbonyl (C=O) groups excluding carboxylic acids is 1. The number of amides is 1. The average molecular weight is 348 g/mol. The minimum atomic E-state index is -3.72. The highest BCUT2D eigenvalue weighted by Gasteiger charge is 2.16. The molecule has 0 bridgehead atoms. The van der Waals surface area contributed by atoms with Gasteiger partial charge in [0.25, 0.3) is 0 Å². The van der Waals surface area contributed by atoms with E-state index in [0.717, 1.165) is 5.56 Å². The van der Waals surface area contributed by atoms with E-state index in [-0.39, 0.29) is 17.3 Å². The van der Waals surface area contributed by atoms with E-state index in [0.29, 0.717) is 12.1 Å². The van der Waals surface area contributed by atoms with Crippen LogP contribution in [0.2, 0.25) is 0 Å². The predicted molar refractivity (Wildman–Crippen MR) is 92.1 cm³/mol. The maximum atomic E-state index is 12.2. The van der Waals surface area contributed by atoms with Crippen molar-refractivity contribution in [2.24, 2.45) is 0 Å². The monoisotopic (exact) mass is 348 g/mol. The Kier molecular flexibility index (Phi) is 6.08. The van der Waals surface area contributed by atoms with Crippen LogP contribution in [-0.2, 0) is 21.2 Å². The molecule has 1 atom stereocenters. The van der Waals surface area contributed by atoms with E-state index in [4.69, 9.17) is 0 Å². The highest BCUT2D eigenvalue weighted by Crippen LogP contribution is 2.14. The smallest absolute Gasteiger partial charge is 0.240 e. The molecule has 1 unspecified atom stereocenters. The van der Waals surface area contributed by atoms with E-state index >= 15 is 0 Å². The van der Waals surface area contributed by atoms with E-state index in [1.165, 1.54) is 31.2 Å². The van der Waals surface area contributed by atoms with Crippen LogP contribution < -0.4 is 10.0 Å². The van der Waals surface area contributed by atoms with Crippen molar-refractivity contribution in [1.82, 2.24) is 4.72 Å². The predicted octanol–water partition coefficient (Wildman–Crippen LogP) is 1.53. The zero-order valence-electron chi connectivity index (χ0n) is 13.3. The summed E-state index contributed by atoms with van der Waals surface area (Å²) in [5.74, 6) is -0.229. The molecule has 128 valence electrons. The molecule has 6 nitrogen and oxygen atoms in total. The molecule has 0 saturated carbocycles. The number of hydrogen-bond acceptors (Lipinski definition) is 4. The lowest BCUT2D eigenvalue weighted by Gasteiger charge is -2.13. The van der Waals surface area contributed by atoms with Crippen LogP contribution in [0.1, 0.15) is 12.5 Å². The van der Waals surface area contributed by atoms with Gasteiger partial charge in [-0.15, -0.1) is 0 Å². The maximum Gasteiger partial charge on any atom is 0.240 e. The van der Waals surface area contributed by atoms with E-state index in [9.17, 15) is 18.3 Å². The molecular weight excluding hydrogens is 328 g/mol. The Morgan fingerprint density at radius 1 is 1.08 bits per heavy atom. The lowest BCUT2D eigenvalue weighted by Crippen LogP contribution is -2.33. The summed E-state index contributed by atoms with van der Waals surface area (Å²) in [6.07, 6.45) is -0.453. The third kappa shape index (κ3) is 5.45. The highest BCUT2D eigenvalue weighted by atomic mass is 32.2. The Labute approximate surface area is 141 Å². The summed E-state index contributed by atoms with van der Waals surface area (Å²) in [5.41, 5.74) is 1.45. The van der Waals surface area contributed by atoms with Crippen LogP contribution in [0.4, 0.5) is 5.69 Å². The SMILES string of the molecule is CC(=O)Nc1ccc(S(=O)(=O)NCC(O)Cc2ccccc2)cc1. The molecule has 0 aliphatic heterocycles. The first-order chi connectivity index (χ1) is 11.4. The fraction of sp³-hybridized carbons (Fsp3) is 0.235. The second-order valence-electron chi connectivity index (χ2n) is 5.40. The fourth-order valence-corrected chi connectivity index (χ4v) is 3.24. The molecule has 0 heterocycles. The molecule has 2 rings (SSSR count). The summed E-state index contributed by atoms with van der Waals surface area (Å²) >= 11 is 0. The van der Waals surface area contributed by atoms with Gasteiger partial charge in [-0.1, -0.05) is 30.3 Å². The zero-order chi connectivity index (χ0) is 17.6. The van der Waals surface area contributed by atoms with Crippen molar-refractivity contribution in [2.75, 3.05) is 11.9 Å². The van der Waals surface area contributed by atoms with Crippen molar-refractivity contribution >= 4 is 21.6 Å². The van der Waals surface area contributed by atoms with Crippen molar-refractivity contribution < 1.29 is 18.3 Å². The van der Waals surface area contributed by atoms with Crippen molar-refractivity contribution in [3.05, 3.63) is 60.2 Å². The minimum Gasteiger partial charge on any atom is -0.391 e. The van der Waals surface area contributed by atoms with Gasteiger partial charge in [0.1, 0.15) is 0 Å². The van der Waals surface area contributed by atoms with Crippen LogP contribution >= 0.6 is 0 Å². The molecule has 2 aromatic carbocycles. The molecule has 24 heavy (non-hydrogen) atoms. The van der Waals surface area contributed by atoms with Crippen LogP contribution in [0.5, 0.6) is 0 Å². The Morgan fingerprint density at radius 3 is 2.29 bits per heavy atom. The normalized spacial score (nSPS) is 12.6. The van der Waals surface area contributed by atoms with Gasteiger partial charge in [-0.3, -0.25) is 4.79 Å². The number of anilines is 1. The van der Waals surface area contributed by atoms with Gasteiger partial charge < -0.3 is 10.4 Å². The number of rotatable bonds is 7. The van der Waals surface area contributed by atoms with Crippen LogP contribution in [0.3, 0.4) is 0 Å². The summed E-state index contributed by atoms with van der Waals surface area (Å²) in [7, 11) is -3.72. The van der Waals surface area contributed by atoms with E-state index in [2.05, 4.69) is 10.0 Å². The Morgan fingerprint density at radius 2 is 1.71 bits per heavy atom. The van der Waals surface area contributed by atoms with Gasteiger partial charge in [-0.05, 0) is 36.2 Å². The third-order valence-electron chi connectivity index (χ3n) is 3.31. The number of aliphatic hydroxyl groups is 1. The average Bonchev–Trinajstić information content (AvgIpc) is 2.54. The molecule has 0 aromatic heterocycles. The highest BCUT2D eigenvalue weighted by molar-refractivity contribution is 7.89. The molecule has 1 amide bonds. The summed E-state index contributed by atoms with van der Waals surface area (Å²) < 4.78 is 26.8. The maximum absolute atomic E-state index is 12.2. The van der Waals surface area contributed by atoms with Crippen LogP contribution in [0, 0.1) is 0 Å². The molecule has 7 heteroatoms. The van der Waals surface area contributed by atoms with Crippen molar-refractivity contribution in [1.29, 1.82) is 0 Å². The molecule has 3 N–H and O–H groups in total. The topological polar surface area (TPSA) is 95.5 Å². The Hall–Kier alpha value is -2.22. The number of hydrogen-bond donors (Lipinski definition) is 3. The lowest BCUT2D eigenvalue weighted by atomic mass is 10.1. The summed E-state index contributed by atoms with van der Waals surface area (Å²) in [4.78, 5) is 11.0. The largest absolute Gasteiger partial charge is 0.391 e. The molecule has 0 fully saturated rings. The van der Waals surface area contributed by atoms with E-state index in [1.807, 2.05) is 30.3 Å². The minimum absolute atomic E-state index is 0.0727. The number of sulfonamides is 1. The number of nitrogens with one attached hydrogen (secondary N) is 2. The quantitative estimate of drug-likeness (QED) is 0.707. The molecule has 0 aliphatic rings. The van der Waals surface area contributed by atoms with Gasteiger partial charge in [0.2, 0.25) is 15.9 Å². The number of benzene rings is 2. The second-order valence-corrected chi connectivity index (χ2v) is 7.17. The molecule has 2 aromatic rings. The first-order valence-electron chi connectivity index (χ1n) is 7.46. The molecule has 0 aliphatic carbocycles. The molecule has 0 radical (unpaired) electrons. The summed E-state index contributed by atoms with van der Waals surface area (Å²) in [5, 5.41) is 12.5. The van der Waals surface area contributed by atoms with Crippen LogP contribution in [0.25, 0.3) is 0 Å². The van der Waals surface area contributed by atoms with Gasteiger partial charge in [0.15, 0.2) is 0 Å². The second kappa shape index (κ2) is 8.05. The Bertz CT molecular complexity index is 774. The molecule has 0 spiro atoms. The third-order valence-corrected chi connectivity index (χ3v) is 4.75. The van der Waals surface area contributed by atoms with Crippen LogP contribution in [-0.4, -0.2) is 32.1 Å². The number of carbonyl (C=O) groups is 1. The van der Waals surface area contributed by atoms with E-state index in [1.54, 1.807) is 0 Å². The van der Waals surface area contributed by atoms with Crippen molar-refractivity contribution in [3.8, 4) is 0 Å². The molecular formula is C17H20N2O4S. The van der Waals surface area contributed by atoms with Gasteiger partial charge in [0, 0.05) is 19.2 Å². The summed E-state index contributed by atoms with van der Waals surface area (Å²) in [6.45, 7) is 1.30. The first kappa shape index (κ1) is 18.1. The fourth-order valence-electron chi connectivity index (χ4n) is 2.17. The van der Waals surface area contributed by atoms with Gasteiger partial charge >= 0.3 is 0 Å². The van der Waals surface area contributed by atoms with Crippen LogP contribution in [0.15, 0.2) is 59.5 Å².